The zero-order valence-electron chi connectivity index (χ0n) is 12.7. The predicted molar refractivity (Wildman–Crippen MR) is 86.8 cm³/mol. The van der Waals surface area contributed by atoms with Crippen molar-refractivity contribution in [1.82, 2.24) is 9.88 Å². The lowest BCUT2D eigenvalue weighted by Gasteiger charge is -2.11. The highest BCUT2D eigenvalue weighted by Crippen LogP contribution is 2.22. The fourth-order valence-corrected chi connectivity index (χ4v) is 2.62. The second-order valence-corrected chi connectivity index (χ2v) is 6.17. The van der Waals surface area contributed by atoms with E-state index in [1.165, 1.54) is 22.6 Å². The van der Waals surface area contributed by atoms with E-state index in [-0.39, 0.29) is 0 Å². The van der Waals surface area contributed by atoms with Crippen molar-refractivity contribution in [2.24, 2.45) is 5.92 Å². The van der Waals surface area contributed by atoms with Crippen LogP contribution in [0.25, 0.3) is 5.69 Å². The van der Waals surface area contributed by atoms with Gasteiger partial charge in [0.1, 0.15) is 0 Å². The molecule has 2 aromatic rings. The zero-order valence-corrected chi connectivity index (χ0v) is 13.5. The number of rotatable bonds is 5. The summed E-state index contributed by atoms with van der Waals surface area (Å²) in [7, 11) is 0. The van der Waals surface area contributed by atoms with Crippen LogP contribution in [-0.2, 0) is 6.54 Å². The van der Waals surface area contributed by atoms with Crippen LogP contribution in [0.1, 0.15) is 30.8 Å². The maximum atomic E-state index is 5.96. The normalized spacial score (nSPS) is 11.3. The fourth-order valence-electron chi connectivity index (χ4n) is 2.49. The van der Waals surface area contributed by atoms with Gasteiger partial charge in [0.05, 0.1) is 0 Å². The first kappa shape index (κ1) is 15.1. The Labute approximate surface area is 126 Å². The van der Waals surface area contributed by atoms with Crippen molar-refractivity contribution in [3.8, 4) is 5.69 Å². The van der Waals surface area contributed by atoms with E-state index in [4.69, 9.17) is 11.6 Å². The molecule has 0 aliphatic rings. The zero-order chi connectivity index (χ0) is 14.7. The Bertz CT molecular complexity index is 567. The van der Waals surface area contributed by atoms with Crippen LogP contribution in [-0.4, -0.2) is 11.1 Å². The molecule has 0 bridgehead atoms. The van der Waals surface area contributed by atoms with Crippen LogP contribution in [0.15, 0.2) is 30.3 Å². The lowest BCUT2D eigenvalue weighted by Crippen LogP contribution is -2.19. The van der Waals surface area contributed by atoms with Gasteiger partial charge in [-0.2, -0.15) is 0 Å². The van der Waals surface area contributed by atoms with Gasteiger partial charge in [-0.15, -0.1) is 0 Å². The van der Waals surface area contributed by atoms with E-state index < -0.39 is 0 Å². The minimum atomic E-state index is 0.676. The molecular weight excluding hydrogens is 268 g/mol. The average molecular weight is 291 g/mol. The van der Waals surface area contributed by atoms with Crippen molar-refractivity contribution in [2.75, 3.05) is 6.54 Å². The van der Waals surface area contributed by atoms with Crippen molar-refractivity contribution >= 4 is 11.6 Å². The first-order valence-corrected chi connectivity index (χ1v) is 7.51. The van der Waals surface area contributed by atoms with Crippen LogP contribution in [0.2, 0.25) is 5.02 Å². The second kappa shape index (κ2) is 6.47. The second-order valence-electron chi connectivity index (χ2n) is 5.73. The lowest BCUT2D eigenvalue weighted by molar-refractivity contribution is 0.551. The number of benzene rings is 1. The van der Waals surface area contributed by atoms with Crippen LogP contribution < -0.4 is 5.32 Å². The smallest absolute Gasteiger partial charge is 0.0456 e. The molecule has 0 radical (unpaired) electrons. The highest BCUT2D eigenvalue weighted by molar-refractivity contribution is 6.30. The molecule has 0 aliphatic heterocycles. The van der Waals surface area contributed by atoms with Gasteiger partial charge in [-0.1, -0.05) is 25.4 Å². The van der Waals surface area contributed by atoms with Crippen molar-refractivity contribution in [2.45, 2.75) is 34.2 Å². The van der Waals surface area contributed by atoms with Crippen LogP contribution >= 0.6 is 11.6 Å². The van der Waals surface area contributed by atoms with Crippen molar-refractivity contribution in [3.05, 3.63) is 52.3 Å². The number of hydrogen-bond donors (Lipinski definition) is 1. The molecule has 1 aromatic carbocycles. The third-order valence-electron chi connectivity index (χ3n) is 3.49. The Hall–Kier alpha value is -1.25. The van der Waals surface area contributed by atoms with Crippen molar-refractivity contribution < 1.29 is 0 Å². The molecule has 1 heterocycles. The number of hydrogen-bond acceptors (Lipinski definition) is 1. The summed E-state index contributed by atoms with van der Waals surface area (Å²) in [5, 5.41) is 4.28. The molecule has 1 N–H and O–H groups in total. The van der Waals surface area contributed by atoms with E-state index in [0.717, 1.165) is 18.1 Å². The first-order chi connectivity index (χ1) is 9.49. The Kier molecular flexibility index (Phi) is 4.90. The van der Waals surface area contributed by atoms with Crippen molar-refractivity contribution in [3.63, 3.8) is 0 Å². The molecule has 0 aliphatic carbocycles. The highest BCUT2D eigenvalue weighted by atomic mass is 35.5. The van der Waals surface area contributed by atoms with Gasteiger partial charge in [-0.25, -0.2) is 0 Å². The van der Waals surface area contributed by atoms with E-state index in [2.05, 4.69) is 55.8 Å². The Morgan fingerprint density at radius 1 is 1.15 bits per heavy atom. The molecule has 0 spiro atoms. The molecule has 0 fully saturated rings. The van der Waals surface area contributed by atoms with Gasteiger partial charge in [-0.05, 0) is 62.2 Å². The summed E-state index contributed by atoms with van der Waals surface area (Å²) < 4.78 is 2.28. The van der Waals surface area contributed by atoms with Crippen molar-refractivity contribution in [1.29, 1.82) is 0 Å². The minimum absolute atomic E-state index is 0.676. The van der Waals surface area contributed by atoms with Crippen LogP contribution in [0, 0.1) is 19.8 Å². The fraction of sp³-hybridized carbons (Fsp3) is 0.412. The first-order valence-electron chi connectivity index (χ1n) is 7.13. The maximum absolute atomic E-state index is 5.96. The largest absolute Gasteiger partial charge is 0.318 e. The average Bonchev–Trinajstić information content (AvgIpc) is 2.66. The molecule has 20 heavy (non-hydrogen) atoms. The summed E-state index contributed by atoms with van der Waals surface area (Å²) in [5.74, 6) is 0.676. The molecule has 0 amide bonds. The summed E-state index contributed by atoms with van der Waals surface area (Å²) in [6.07, 6.45) is 0. The molecular formula is C17H23ClN2. The number of aromatic nitrogens is 1. The molecule has 0 atom stereocenters. The Balaban J connectivity index is 2.22. The van der Waals surface area contributed by atoms with E-state index in [1.54, 1.807) is 0 Å². The molecule has 3 heteroatoms. The van der Waals surface area contributed by atoms with Gasteiger partial charge in [0, 0.05) is 28.6 Å². The number of halogens is 1. The molecule has 1 aromatic heterocycles. The summed E-state index contributed by atoms with van der Waals surface area (Å²) in [4.78, 5) is 0. The molecule has 0 saturated heterocycles. The molecule has 0 unspecified atom stereocenters. The highest BCUT2D eigenvalue weighted by Gasteiger charge is 2.10. The minimum Gasteiger partial charge on any atom is -0.318 e. The third kappa shape index (κ3) is 3.44. The van der Waals surface area contributed by atoms with E-state index in [1.807, 2.05) is 12.1 Å². The monoisotopic (exact) mass is 290 g/mol. The SMILES string of the molecule is Cc1cc(CNCC(C)C)c(C)n1-c1ccc(Cl)cc1. The topological polar surface area (TPSA) is 17.0 Å². The standard InChI is InChI=1S/C17H23ClN2/c1-12(2)10-19-11-15-9-13(3)20(14(15)4)17-7-5-16(18)6-8-17/h5-9,12,19H,10-11H2,1-4H3. The number of nitrogens with one attached hydrogen (secondary N) is 1. The van der Waals surface area contributed by atoms with Gasteiger partial charge in [0.25, 0.3) is 0 Å². The molecule has 2 rings (SSSR count). The molecule has 2 nitrogen and oxygen atoms in total. The maximum Gasteiger partial charge on any atom is 0.0456 e. The van der Waals surface area contributed by atoms with Gasteiger partial charge >= 0.3 is 0 Å². The van der Waals surface area contributed by atoms with Gasteiger partial charge in [0.15, 0.2) is 0 Å². The quantitative estimate of drug-likeness (QED) is 0.858. The van der Waals surface area contributed by atoms with Crippen LogP contribution in [0.3, 0.4) is 0 Å². The van der Waals surface area contributed by atoms with E-state index in [0.29, 0.717) is 5.92 Å². The van der Waals surface area contributed by atoms with Gasteiger partial charge in [-0.3, -0.25) is 0 Å². The Morgan fingerprint density at radius 3 is 2.40 bits per heavy atom. The summed E-state index contributed by atoms with van der Waals surface area (Å²) in [6, 6.07) is 10.3. The van der Waals surface area contributed by atoms with E-state index >= 15 is 0 Å². The lowest BCUT2D eigenvalue weighted by atomic mass is 10.2. The third-order valence-corrected chi connectivity index (χ3v) is 3.74. The van der Waals surface area contributed by atoms with Crippen LogP contribution in [0.5, 0.6) is 0 Å². The Morgan fingerprint density at radius 2 is 1.80 bits per heavy atom. The van der Waals surface area contributed by atoms with E-state index in [9.17, 15) is 0 Å². The summed E-state index contributed by atoms with van der Waals surface area (Å²) >= 11 is 5.96. The van der Waals surface area contributed by atoms with Crippen LogP contribution in [0.4, 0.5) is 0 Å². The van der Waals surface area contributed by atoms with Gasteiger partial charge in [0.2, 0.25) is 0 Å². The summed E-state index contributed by atoms with van der Waals surface area (Å²) in [6.45, 7) is 10.7. The molecule has 108 valence electrons. The van der Waals surface area contributed by atoms with Gasteiger partial charge < -0.3 is 9.88 Å². The number of nitrogens with zero attached hydrogens (tertiary/aromatic N) is 1. The molecule has 0 saturated carbocycles. The predicted octanol–water partition coefficient (Wildman–Crippen LogP) is 4.49. The number of aryl methyl sites for hydroxylation is 1. The summed E-state index contributed by atoms with van der Waals surface area (Å²) in [5.41, 5.74) is 5.07.